The Hall–Kier alpha value is -1.10. The fraction of sp³-hybridized carbons (Fsp3) is 0.417. The van der Waals surface area contributed by atoms with Crippen molar-refractivity contribution in [2.45, 2.75) is 25.5 Å². The van der Waals surface area contributed by atoms with Gasteiger partial charge in [-0.3, -0.25) is 4.79 Å². The predicted octanol–water partition coefficient (Wildman–Crippen LogP) is 1.31. The molecule has 1 aliphatic heterocycles. The van der Waals surface area contributed by atoms with Crippen LogP contribution in [0.3, 0.4) is 0 Å². The van der Waals surface area contributed by atoms with E-state index in [2.05, 4.69) is 10.6 Å². The van der Waals surface area contributed by atoms with Crippen LogP contribution in [0.4, 0.5) is 5.69 Å². The highest BCUT2D eigenvalue weighted by atomic mass is 35.5. The van der Waals surface area contributed by atoms with Crippen molar-refractivity contribution >= 4 is 23.2 Å². The Balaban J connectivity index is 2.05. The van der Waals surface area contributed by atoms with E-state index in [-0.39, 0.29) is 11.9 Å². The molecule has 2 rings (SSSR count). The number of anilines is 1. The third kappa shape index (κ3) is 2.97. The summed E-state index contributed by atoms with van der Waals surface area (Å²) in [5.74, 6) is -0.132. The number of hydrogen-bond acceptors (Lipinski definition) is 3. The fourth-order valence-corrected chi connectivity index (χ4v) is 2.04. The molecular formula is C12H15ClN2O2. The van der Waals surface area contributed by atoms with Gasteiger partial charge < -0.3 is 15.7 Å². The number of amides is 1. The number of carbonyl (C=O) groups excluding carboxylic acids is 1. The highest BCUT2D eigenvalue weighted by Gasteiger charge is 2.28. The van der Waals surface area contributed by atoms with Gasteiger partial charge in [0.1, 0.15) is 0 Å². The van der Waals surface area contributed by atoms with Crippen LogP contribution in [0.5, 0.6) is 0 Å². The van der Waals surface area contributed by atoms with Crippen LogP contribution in [-0.4, -0.2) is 29.7 Å². The van der Waals surface area contributed by atoms with Gasteiger partial charge in [-0.15, -0.1) is 0 Å². The van der Waals surface area contributed by atoms with Gasteiger partial charge in [0.15, 0.2) is 0 Å². The van der Waals surface area contributed by atoms with E-state index in [0.29, 0.717) is 23.7 Å². The van der Waals surface area contributed by atoms with Crippen molar-refractivity contribution in [2.75, 3.05) is 11.9 Å². The molecule has 0 saturated carbocycles. The quantitative estimate of drug-likeness (QED) is 0.746. The molecular weight excluding hydrogens is 240 g/mol. The third-order valence-electron chi connectivity index (χ3n) is 2.88. The van der Waals surface area contributed by atoms with E-state index in [4.69, 9.17) is 11.6 Å². The van der Waals surface area contributed by atoms with Crippen LogP contribution < -0.4 is 10.6 Å². The first-order chi connectivity index (χ1) is 8.06. The maximum atomic E-state index is 11.9. The standard InChI is InChI=1S/C12H15ClN2O2/c1-7-2-3-8(13)4-10(7)15-12(17)11-5-9(16)6-14-11/h2-4,9,11,14,16H,5-6H2,1H3,(H,15,17). The second-order valence-corrected chi connectivity index (χ2v) is 4.74. The summed E-state index contributed by atoms with van der Waals surface area (Å²) in [6.07, 6.45) is 0.0112. The normalized spacial score (nSPS) is 23.7. The Bertz CT molecular complexity index is 437. The van der Waals surface area contributed by atoms with Gasteiger partial charge in [0, 0.05) is 17.3 Å². The van der Waals surface area contributed by atoms with Crippen LogP contribution in [0.2, 0.25) is 5.02 Å². The molecule has 0 bridgehead atoms. The van der Waals surface area contributed by atoms with Crippen LogP contribution in [0.1, 0.15) is 12.0 Å². The van der Waals surface area contributed by atoms with Gasteiger partial charge in [0.05, 0.1) is 12.1 Å². The SMILES string of the molecule is Cc1ccc(Cl)cc1NC(=O)C1CC(O)CN1. The zero-order valence-electron chi connectivity index (χ0n) is 9.53. The highest BCUT2D eigenvalue weighted by molar-refractivity contribution is 6.31. The second-order valence-electron chi connectivity index (χ2n) is 4.30. The molecule has 1 heterocycles. The average molecular weight is 255 g/mol. The largest absolute Gasteiger partial charge is 0.392 e. The molecule has 3 N–H and O–H groups in total. The summed E-state index contributed by atoms with van der Waals surface area (Å²) >= 11 is 5.88. The summed E-state index contributed by atoms with van der Waals surface area (Å²) in [5.41, 5.74) is 1.67. The first-order valence-corrected chi connectivity index (χ1v) is 5.92. The Kier molecular flexibility index (Phi) is 3.66. The Morgan fingerprint density at radius 3 is 3.00 bits per heavy atom. The van der Waals surface area contributed by atoms with Crippen LogP contribution in [0.25, 0.3) is 0 Å². The first-order valence-electron chi connectivity index (χ1n) is 5.54. The number of benzene rings is 1. The summed E-state index contributed by atoms with van der Waals surface area (Å²) in [6, 6.07) is 5.03. The van der Waals surface area contributed by atoms with Gasteiger partial charge in [0.2, 0.25) is 5.91 Å². The smallest absolute Gasteiger partial charge is 0.241 e. The monoisotopic (exact) mass is 254 g/mol. The molecule has 92 valence electrons. The van der Waals surface area contributed by atoms with Crippen molar-refractivity contribution in [3.05, 3.63) is 28.8 Å². The van der Waals surface area contributed by atoms with Crippen molar-refractivity contribution in [1.29, 1.82) is 0 Å². The lowest BCUT2D eigenvalue weighted by atomic mass is 10.1. The first kappa shape index (κ1) is 12.4. The average Bonchev–Trinajstić information content (AvgIpc) is 2.70. The molecule has 1 amide bonds. The third-order valence-corrected chi connectivity index (χ3v) is 3.12. The number of aliphatic hydroxyl groups is 1. The Morgan fingerprint density at radius 2 is 2.35 bits per heavy atom. The van der Waals surface area contributed by atoms with E-state index in [0.717, 1.165) is 5.56 Å². The molecule has 1 aliphatic rings. The number of nitrogens with one attached hydrogen (secondary N) is 2. The minimum atomic E-state index is -0.439. The van der Waals surface area contributed by atoms with Crippen molar-refractivity contribution in [3.8, 4) is 0 Å². The van der Waals surface area contributed by atoms with Gasteiger partial charge in [-0.1, -0.05) is 17.7 Å². The molecule has 0 radical (unpaired) electrons. The summed E-state index contributed by atoms with van der Waals surface area (Å²) in [5, 5.41) is 15.7. The summed E-state index contributed by atoms with van der Waals surface area (Å²) < 4.78 is 0. The summed E-state index contributed by atoms with van der Waals surface area (Å²) in [6.45, 7) is 2.37. The van der Waals surface area contributed by atoms with Gasteiger partial charge in [-0.2, -0.15) is 0 Å². The molecule has 1 aromatic rings. The lowest BCUT2D eigenvalue weighted by molar-refractivity contribution is -0.117. The van der Waals surface area contributed by atoms with E-state index in [1.165, 1.54) is 0 Å². The molecule has 1 saturated heterocycles. The number of rotatable bonds is 2. The van der Waals surface area contributed by atoms with Crippen LogP contribution in [0, 0.1) is 6.92 Å². The Morgan fingerprint density at radius 1 is 1.59 bits per heavy atom. The zero-order chi connectivity index (χ0) is 12.4. The van der Waals surface area contributed by atoms with E-state index >= 15 is 0 Å². The van der Waals surface area contributed by atoms with Crippen LogP contribution in [-0.2, 0) is 4.79 Å². The van der Waals surface area contributed by atoms with Crippen LogP contribution in [0.15, 0.2) is 18.2 Å². The number of β-amino-alcohol motifs (C(OH)–C–C–N with tert-alkyl or cyclic N) is 1. The highest BCUT2D eigenvalue weighted by Crippen LogP contribution is 2.21. The van der Waals surface area contributed by atoms with E-state index in [9.17, 15) is 9.90 Å². The minimum Gasteiger partial charge on any atom is -0.392 e. The van der Waals surface area contributed by atoms with Crippen molar-refractivity contribution in [2.24, 2.45) is 0 Å². The zero-order valence-corrected chi connectivity index (χ0v) is 10.3. The molecule has 0 spiro atoms. The lowest BCUT2D eigenvalue weighted by Gasteiger charge is -2.13. The van der Waals surface area contributed by atoms with E-state index in [1.54, 1.807) is 12.1 Å². The number of halogens is 1. The maximum Gasteiger partial charge on any atom is 0.241 e. The molecule has 4 nitrogen and oxygen atoms in total. The predicted molar refractivity (Wildman–Crippen MR) is 67.2 cm³/mol. The van der Waals surface area contributed by atoms with E-state index in [1.807, 2.05) is 13.0 Å². The molecule has 2 atom stereocenters. The fourth-order valence-electron chi connectivity index (χ4n) is 1.87. The second kappa shape index (κ2) is 5.04. The summed E-state index contributed by atoms with van der Waals surface area (Å²) in [7, 11) is 0. The van der Waals surface area contributed by atoms with Gasteiger partial charge in [-0.05, 0) is 31.0 Å². The van der Waals surface area contributed by atoms with Crippen LogP contribution >= 0.6 is 11.6 Å². The topological polar surface area (TPSA) is 61.4 Å². The minimum absolute atomic E-state index is 0.132. The molecule has 5 heteroatoms. The van der Waals surface area contributed by atoms with Gasteiger partial charge in [-0.25, -0.2) is 0 Å². The van der Waals surface area contributed by atoms with Crippen molar-refractivity contribution in [3.63, 3.8) is 0 Å². The molecule has 2 unspecified atom stereocenters. The Labute approximate surface area is 105 Å². The van der Waals surface area contributed by atoms with Crippen molar-refractivity contribution < 1.29 is 9.90 Å². The number of aryl methyl sites for hydroxylation is 1. The molecule has 17 heavy (non-hydrogen) atoms. The maximum absolute atomic E-state index is 11.9. The summed E-state index contributed by atoms with van der Waals surface area (Å²) in [4.78, 5) is 11.9. The lowest BCUT2D eigenvalue weighted by Crippen LogP contribution is -2.35. The number of carbonyl (C=O) groups is 1. The molecule has 0 aromatic heterocycles. The molecule has 1 aromatic carbocycles. The molecule has 1 fully saturated rings. The molecule has 0 aliphatic carbocycles. The van der Waals surface area contributed by atoms with Gasteiger partial charge >= 0.3 is 0 Å². The number of aliphatic hydroxyl groups excluding tert-OH is 1. The van der Waals surface area contributed by atoms with Gasteiger partial charge in [0.25, 0.3) is 0 Å². The van der Waals surface area contributed by atoms with Crippen molar-refractivity contribution in [1.82, 2.24) is 5.32 Å². The number of hydrogen-bond donors (Lipinski definition) is 3. The van der Waals surface area contributed by atoms with E-state index < -0.39 is 6.10 Å².